The fraction of sp³-hybridized carbons (Fsp3) is 0.895. The van der Waals surface area contributed by atoms with Crippen LogP contribution in [0.2, 0.25) is 0 Å². The molecular weight excluding hydrogens is 320 g/mol. The Hall–Kier alpha value is -1.14. The lowest BCUT2D eigenvalue weighted by atomic mass is 9.85. The van der Waals surface area contributed by atoms with E-state index in [1.54, 1.807) is 0 Å². The number of nitrogens with zero attached hydrogens (tertiary/aromatic N) is 1. The highest BCUT2D eigenvalue weighted by Gasteiger charge is 2.17. The van der Waals surface area contributed by atoms with Crippen molar-refractivity contribution in [2.24, 2.45) is 5.41 Å². The van der Waals surface area contributed by atoms with Gasteiger partial charge in [0.25, 0.3) is 0 Å². The van der Waals surface area contributed by atoms with E-state index in [0.29, 0.717) is 26.1 Å². The van der Waals surface area contributed by atoms with Crippen molar-refractivity contribution in [3.05, 3.63) is 0 Å². The molecule has 0 saturated carbocycles. The van der Waals surface area contributed by atoms with Crippen LogP contribution in [0.5, 0.6) is 0 Å². The zero-order valence-corrected chi connectivity index (χ0v) is 16.3. The Morgan fingerprint density at radius 1 is 1.00 bits per heavy atom. The molecular formula is C19H36N2O4. The molecule has 6 heteroatoms. The van der Waals surface area contributed by atoms with Gasteiger partial charge in [0.2, 0.25) is 0 Å². The zero-order chi connectivity index (χ0) is 18.5. The van der Waals surface area contributed by atoms with Crippen LogP contribution in [0, 0.1) is 5.41 Å². The fourth-order valence-corrected chi connectivity index (χ4v) is 2.52. The van der Waals surface area contributed by atoms with Gasteiger partial charge in [0.05, 0.1) is 19.6 Å². The van der Waals surface area contributed by atoms with Gasteiger partial charge in [0.15, 0.2) is 0 Å². The SMILES string of the molecule is CCC(C)(C)CCC(=O)OCCCCOC(=O)CCN1CCNCC1. The molecule has 0 aliphatic carbocycles. The molecule has 1 rings (SSSR count). The number of carbonyl (C=O) groups is 2. The van der Waals surface area contributed by atoms with Crippen molar-refractivity contribution in [1.29, 1.82) is 0 Å². The monoisotopic (exact) mass is 356 g/mol. The minimum absolute atomic E-state index is 0.130. The third-order valence-electron chi connectivity index (χ3n) is 4.87. The number of piperazine rings is 1. The van der Waals surface area contributed by atoms with Crippen molar-refractivity contribution in [2.45, 2.75) is 59.3 Å². The van der Waals surface area contributed by atoms with Crippen molar-refractivity contribution < 1.29 is 19.1 Å². The predicted molar refractivity (Wildman–Crippen MR) is 98.4 cm³/mol. The minimum Gasteiger partial charge on any atom is -0.466 e. The van der Waals surface area contributed by atoms with Crippen molar-refractivity contribution >= 4 is 11.9 Å². The summed E-state index contributed by atoms with van der Waals surface area (Å²) in [6.07, 6.45) is 4.29. The second-order valence-corrected chi connectivity index (χ2v) is 7.51. The number of hydrogen-bond acceptors (Lipinski definition) is 6. The first-order valence-electron chi connectivity index (χ1n) is 9.67. The van der Waals surface area contributed by atoms with Crippen LogP contribution < -0.4 is 5.32 Å². The molecule has 0 aromatic rings. The molecule has 25 heavy (non-hydrogen) atoms. The lowest BCUT2D eigenvalue weighted by molar-refractivity contribution is -0.146. The molecule has 0 aromatic heterocycles. The van der Waals surface area contributed by atoms with E-state index >= 15 is 0 Å². The maximum Gasteiger partial charge on any atom is 0.307 e. The maximum atomic E-state index is 11.7. The largest absolute Gasteiger partial charge is 0.466 e. The second kappa shape index (κ2) is 12.3. The Labute approximate surface area is 152 Å². The average molecular weight is 357 g/mol. The van der Waals surface area contributed by atoms with E-state index < -0.39 is 0 Å². The topological polar surface area (TPSA) is 67.9 Å². The summed E-state index contributed by atoms with van der Waals surface area (Å²) in [6, 6.07) is 0. The molecule has 1 saturated heterocycles. The van der Waals surface area contributed by atoms with Crippen LogP contribution >= 0.6 is 0 Å². The van der Waals surface area contributed by atoms with E-state index in [0.717, 1.165) is 58.4 Å². The highest BCUT2D eigenvalue weighted by Crippen LogP contribution is 2.26. The van der Waals surface area contributed by atoms with E-state index in [1.165, 1.54) is 0 Å². The zero-order valence-electron chi connectivity index (χ0n) is 16.3. The van der Waals surface area contributed by atoms with Gasteiger partial charge in [-0.25, -0.2) is 0 Å². The summed E-state index contributed by atoms with van der Waals surface area (Å²) in [5.41, 5.74) is 0.192. The molecule has 0 bridgehead atoms. The standard InChI is InChI=1S/C19H36N2O4/c1-4-19(2,3)9-7-17(22)24-15-5-6-16-25-18(23)8-12-21-13-10-20-11-14-21/h20H,4-16H2,1-3H3. The number of carbonyl (C=O) groups excluding carboxylic acids is 2. The molecule has 0 spiro atoms. The van der Waals surface area contributed by atoms with E-state index in [2.05, 4.69) is 31.0 Å². The highest BCUT2D eigenvalue weighted by atomic mass is 16.5. The third-order valence-corrected chi connectivity index (χ3v) is 4.87. The summed E-state index contributed by atoms with van der Waals surface area (Å²) < 4.78 is 10.4. The molecule has 0 atom stereocenters. The molecule has 6 nitrogen and oxygen atoms in total. The Kier molecular flexibility index (Phi) is 10.7. The molecule has 0 radical (unpaired) electrons. The van der Waals surface area contributed by atoms with Gasteiger partial charge >= 0.3 is 11.9 Å². The third kappa shape index (κ3) is 11.2. The molecule has 1 heterocycles. The molecule has 1 N–H and O–H groups in total. The van der Waals surface area contributed by atoms with E-state index in [-0.39, 0.29) is 17.4 Å². The Bertz CT molecular complexity index is 393. The Morgan fingerprint density at radius 2 is 1.56 bits per heavy atom. The van der Waals surface area contributed by atoms with Crippen LogP contribution in [-0.2, 0) is 19.1 Å². The summed E-state index contributed by atoms with van der Waals surface area (Å²) in [7, 11) is 0. The summed E-state index contributed by atoms with van der Waals surface area (Å²) in [5.74, 6) is -0.271. The summed E-state index contributed by atoms with van der Waals surface area (Å²) in [5, 5.41) is 3.29. The minimum atomic E-state index is -0.141. The van der Waals surface area contributed by atoms with Crippen LogP contribution in [0.25, 0.3) is 0 Å². The molecule has 1 aliphatic heterocycles. The molecule has 1 aliphatic rings. The molecule has 146 valence electrons. The van der Waals surface area contributed by atoms with Gasteiger partial charge in [-0.2, -0.15) is 0 Å². The number of nitrogens with one attached hydrogen (secondary N) is 1. The maximum absolute atomic E-state index is 11.7. The quantitative estimate of drug-likeness (QED) is 0.428. The lowest BCUT2D eigenvalue weighted by Gasteiger charge is -2.26. The molecule has 0 unspecified atom stereocenters. The Balaban J connectivity index is 1.93. The number of unbranched alkanes of at least 4 members (excludes halogenated alkanes) is 1. The van der Waals surface area contributed by atoms with Crippen molar-refractivity contribution in [2.75, 3.05) is 45.9 Å². The van der Waals surface area contributed by atoms with Gasteiger partial charge in [-0.3, -0.25) is 9.59 Å². The first-order chi connectivity index (χ1) is 11.9. The van der Waals surface area contributed by atoms with Gasteiger partial charge in [-0.15, -0.1) is 0 Å². The Morgan fingerprint density at radius 3 is 2.12 bits per heavy atom. The summed E-state index contributed by atoms with van der Waals surface area (Å²) in [4.78, 5) is 25.6. The number of esters is 2. The van der Waals surface area contributed by atoms with E-state index in [9.17, 15) is 9.59 Å². The van der Waals surface area contributed by atoms with Gasteiger partial charge in [-0.1, -0.05) is 27.2 Å². The van der Waals surface area contributed by atoms with Crippen LogP contribution in [0.3, 0.4) is 0 Å². The van der Waals surface area contributed by atoms with Gasteiger partial charge < -0.3 is 19.7 Å². The lowest BCUT2D eigenvalue weighted by Crippen LogP contribution is -2.44. The first-order valence-corrected chi connectivity index (χ1v) is 9.67. The average Bonchev–Trinajstić information content (AvgIpc) is 2.62. The van der Waals surface area contributed by atoms with Crippen molar-refractivity contribution in [3.8, 4) is 0 Å². The van der Waals surface area contributed by atoms with Crippen LogP contribution in [0.1, 0.15) is 59.3 Å². The second-order valence-electron chi connectivity index (χ2n) is 7.51. The molecule has 1 fully saturated rings. The van der Waals surface area contributed by atoms with Gasteiger partial charge in [0, 0.05) is 39.1 Å². The number of ether oxygens (including phenoxy) is 2. The van der Waals surface area contributed by atoms with Crippen LogP contribution in [-0.4, -0.2) is 62.8 Å². The van der Waals surface area contributed by atoms with Crippen LogP contribution in [0.4, 0.5) is 0 Å². The highest BCUT2D eigenvalue weighted by molar-refractivity contribution is 5.69. The number of hydrogen-bond donors (Lipinski definition) is 1. The van der Waals surface area contributed by atoms with Crippen molar-refractivity contribution in [1.82, 2.24) is 10.2 Å². The van der Waals surface area contributed by atoms with E-state index in [1.807, 2.05) is 0 Å². The normalized spacial score (nSPS) is 15.8. The molecule has 0 amide bonds. The summed E-state index contributed by atoms with van der Waals surface area (Å²) >= 11 is 0. The van der Waals surface area contributed by atoms with E-state index in [4.69, 9.17) is 9.47 Å². The van der Waals surface area contributed by atoms with Crippen LogP contribution in [0.15, 0.2) is 0 Å². The van der Waals surface area contributed by atoms with Crippen molar-refractivity contribution in [3.63, 3.8) is 0 Å². The van der Waals surface area contributed by atoms with Gasteiger partial charge in [0.1, 0.15) is 0 Å². The van der Waals surface area contributed by atoms with Gasteiger partial charge in [-0.05, 0) is 24.7 Å². The fourth-order valence-electron chi connectivity index (χ4n) is 2.52. The molecule has 0 aromatic carbocycles. The predicted octanol–water partition coefficient (Wildman–Crippen LogP) is 2.36. The number of rotatable bonds is 12. The first kappa shape index (κ1) is 21.9. The summed E-state index contributed by atoms with van der Waals surface area (Å²) in [6.45, 7) is 12.0. The smallest absolute Gasteiger partial charge is 0.307 e.